The van der Waals surface area contributed by atoms with Crippen molar-refractivity contribution in [2.75, 3.05) is 42.8 Å². The van der Waals surface area contributed by atoms with Gasteiger partial charge in [-0.05, 0) is 552 Å². The molecule has 130 heavy (non-hydrogen) atoms. The number of epoxide rings is 1. The van der Waals surface area contributed by atoms with Crippen molar-refractivity contribution < 1.29 is 67.5 Å². The van der Waals surface area contributed by atoms with E-state index in [2.05, 4.69) is 426 Å². The average molecular weight is 3700 g/mol. The lowest BCUT2D eigenvalue weighted by Crippen LogP contribution is -2.39. The number of nitrogens with zero attached hydrogens (tertiary/aromatic N) is 2. The van der Waals surface area contributed by atoms with Crippen LogP contribution in [0.2, 0.25) is 0 Å². The van der Waals surface area contributed by atoms with E-state index in [4.69, 9.17) is 92.5 Å². The molecule has 4 saturated carbocycles. The van der Waals surface area contributed by atoms with E-state index < -0.39 is 0 Å². The van der Waals surface area contributed by atoms with Crippen LogP contribution in [-0.4, -0.2) is 118 Å². The van der Waals surface area contributed by atoms with Gasteiger partial charge in [-0.3, -0.25) is 9.59 Å². The van der Waals surface area contributed by atoms with Crippen molar-refractivity contribution in [3.63, 3.8) is 0 Å². The maximum atomic E-state index is 13.1. The second-order valence-corrected chi connectivity index (χ2v) is 50.8. The van der Waals surface area contributed by atoms with Crippen LogP contribution in [0, 0.1) is 57.1 Å². The molecule has 1 heterocycles. The van der Waals surface area contributed by atoms with E-state index >= 15 is 0 Å². The first-order valence-corrected chi connectivity index (χ1v) is 62.0. The summed E-state index contributed by atoms with van der Waals surface area (Å²) in [6.45, 7) is 7.81. The molecule has 8 aromatic carbocycles. The lowest BCUT2D eigenvalue weighted by molar-refractivity contribution is -0.136. The molecule has 2 atom stereocenters. The molecule has 710 valence electrons. The van der Waals surface area contributed by atoms with Gasteiger partial charge in [0.2, 0.25) is 0 Å². The minimum atomic E-state index is -0.297. The van der Waals surface area contributed by atoms with Crippen LogP contribution in [0.15, 0.2) is 107 Å². The van der Waals surface area contributed by atoms with Crippen molar-refractivity contribution in [1.29, 1.82) is 0 Å². The molecule has 8 aromatic rings. The number of hydrogen-bond acceptors (Lipinski definition) is 16. The molecule has 13 rings (SSSR count). The maximum absolute atomic E-state index is 13.1. The summed E-state index contributed by atoms with van der Waals surface area (Å²) in [7, 11) is 0. The van der Waals surface area contributed by atoms with Crippen LogP contribution in [0.4, 0.5) is 0 Å². The molecular formula is C92H98BrCl3I16N4O14. The van der Waals surface area contributed by atoms with Gasteiger partial charge in [0.15, 0.2) is 23.0 Å². The highest BCUT2D eigenvalue weighted by atomic mass is 127. The van der Waals surface area contributed by atoms with Gasteiger partial charge >= 0.3 is 11.9 Å². The molecule has 2 unspecified atom stereocenters. The van der Waals surface area contributed by atoms with Gasteiger partial charge in [-0.25, -0.2) is 9.98 Å². The Morgan fingerprint density at radius 3 is 0.908 bits per heavy atom. The number of phenols is 2. The van der Waals surface area contributed by atoms with Gasteiger partial charge in [-0.15, -0.1) is 34.8 Å². The van der Waals surface area contributed by atoms with Crippen molar-refractivity contribution in [1.82, 2.24) is 10.6 Å². The monoisotopic (exact) mass is 3700 g/mol. The smallest absolute Gasteiger partial charge is 0.318 e. The number of ether oxygens (including phenoxy) is 9. The number of aliphatic imine (C=N–C) groups is 2. The van der Waals surface area contributed by atoms with Crippen molar-refractivity contribution >= 4 is 436 Å². The highest BCUT2D eigenvalue weighted by Crippen LogP contribution is 2.44. The number of esters is 2. The molecule has 0 spiro atoms. The maximum Gasteiger partial charge on any atom is 0.318 e. The summed E-state index contributed by atoms with van der Waals surface area (Å²) < 4.78 is 68.6. The molecule has 4 aliphatic carbocycles. The Kier molecular flexibility index (Phi) is 57.7. The molecule has 5 N–H and O–H groups in total. The molecule has 1 saturated heterocycles. The van der Waals surface area contributed by atoms with Crippen molar-refractivity contribution in [3.8, 4) is 69.0 Å². The number of rotatable bonds is 26. The van der Waals surface area contributed by atoms with E-state index in [0.717, 1.165) is 197 Å². The number of hydrogen-bond donors (Lipinski definition) is 5. The minimum Gasteiger partial charge on any atom is -0.506 e. The molecule has 0 amide bonds. The third kappa shape index (κ3) is 41.8. The number of alkyl halides is 4. The van der Waals surface area contributed by atoms with E-state index in [9.17, 15) is 19.8 Å². The summed E-state index contributed by atoms with van der Waals surface area (Å²) in [6.07, 6.45) is 25.7. The number of aryl methyl sites for hydroxylation is 2. The van der Waals surface area contributed by atoms with Crippen LogP contribution in [0.3, 0.4) is 0 Å². The zero-order valence-electron chi connectivity index (χ0n) is 70.9. The molecule has 18 nitrogen and oxygen atoms in total. The van der Waals surface area contributed by atoms with Crippen LogP contribution >= 0.6 is 412 Å². The predicted octanol–water partition coefficient (Wildman–Crippen LogP) is 32.1. The van der Waals surface area contributed by atoms with Gasteiger partial charge in [0, 0.05) is 29.2 Å². The van der Waals surface area contributed by atoms with Gasteiger partial charge in [-0.1, -0.05) is 107 Å². The summed E-state index contributed by atoms with van der Waals surface area (Å²) in [5.74, 6) is 9.51. The number of aliphatic hydroxyl groups excluding tert-OH is 1. The number of benzene rings is 8. The third-order valence-corrected chi connectivity index (χ3v) is 34.6. The fraction of sp³-hybridized carbons (Fsp3) is 0.435. The molecule has 5 aliphatic rings. The van der Waals surface area contributed by atoms with Crippen molar-refractivity contribution in [2.24, 2.45) is 9.98 Å². The predicted molar refractivity (Wildman–Crippen MR) is 664 cm³/mol. The van der Waals surface area contributed by atoms with E-state index in [-0.39, 0.29) is 49.1 Å². The van der Waals surface area contributed by atoms with E-state index in [0.29, 0.717) is 71.8 Å². The van der Waals surface area contributed by atoms with Gasteiger partial charge in [0.25, 0.3) is 12.0 Å². The first-order valence-electron chi connectivity index (χ1n) is 42.0. The zero-order chi connectivity index (χ0) is 94.7. The molecular weight excluding hydrogens is 3600 g/mol. The second kappa shape index (κ2) is 63.4. The Morgan fingerprint density at radius 2 is 0.654 bits per heavy atom. The number of carbonyl (C=O) groups is 2. The second-order valence-electron chi connectivity index (χ2n) is 30.5. The van der Waals surface area contributed by atoms with Crippen LogP contribution in [0.25, 0.3) is 0 Å². The summed E-state index contributed by atoms with van der Waals surface area (Å²) >= 11 is 54.7. The first kappa shape index (κ1) is 118. The number of phenolic OH excluding ortho intramolecular Hbond substituents is 2. The number of aliphatic hydroxyl groups is 1. The summed E-state index contributed by atoms with van der Waals surface area (Å²) in [5.41, 5.74) is 4.39. The summed E-state index contributed by atoms with van der Waals surface area (Å²) in [6, 6.07) is 33.8. The van der Waals surface area contributed by atoms with Gasteiger partial charge in [-0.2, -0.15) is 0 Å². The zero-order valence-corrected chi connectivity index (χ0v) is 109. The Bertz CT molecular complexity index is 4800. The van der Waals surface area contributed by atoms with Gasteiger partial charge < -0.3 is 68.6 Å². The Labute approximate surface area is 1010 Å². The van der Waals surface area contributed by atoms with E-state index in [1.807, 2.05) is 72.8 Å². The number of carbonyl (C=O) groups excluding carboxylic acids is 2. The standard InChI is InChI=1S/C30H34I4N2O5.C29H33ClI4N2O4.2C14H10I4O2.C3H7BrO.C2H4Cl2/c31-23-11-18(12-24(32)29(23)40-21-14-25(33)28(26(34)15-21)39-17-22-16-38-22)13-27(37)41-30(35-19-7-3-1-4-8-19)36-20-9-5-2-6-10-20;30-11-12-38-27-24(33)16-21(17-25(27)34)39-28-22(31)13-18(14-23(28)32)15-26(37)40-29(35-19-7-3-1-4-8-19)36-20-9-5-2-6-10-20;2*1-2-7-3-11(17)14(12(18)4-7)20-8-5-9(15)13(19)10(16)6-8;1-3(5)2-4;3-1-2-4/h11-12,14-15,19-20,22H,1-10,13,16-17H2,(H,35,36);13-14,16-17,19-20H,1-12,15H2,(H,35,36);2*3-6,19H,2H2,1H3;3,5H,2H2,1H3;1-2H2. The van der Waals surface area contributed by atoms with Crippen LogP contribution in [0.5, 0.6) is 69.0 Å². The molecule has 0 aromatic heterocycles. The van der Waals surface area contributed by atoms with E-state index in [1.54, 1.807) is 6.92 Å². The fourth-order valence-electron chi connectivity index (χ4n) is 13.5. The molecule has 0 radical (unpaired) electrons. The Balaban J connectivity index is 0.000000216. The summed E-state index contributed by atoms with van der Waals surface area (Å²) in [5, 5.41) is 35.5. The Hall–Kier alpha value is 2.99. The van der Waals surface area contributed by atoms with Crippen molar-refractivity contribution in [3.05, 3.63) is 176 Å². The minimum absolute atomic E-state index is 0.171. The molecule has 0 bridgehead atoms. The first-order chi connectivity index (χ1) is 62.2. The van der Waals surface area contributed by atoms with Gasteiger partial charge in [0.1, 0.15) is 65.3 Å². The molecule has 38 heteroatoms. The molecule has 1 aliphatic heterocycles. The largest absolute Gasteiger partial charge is 0.506 e. The van der Waals surface area contributed by atoms with Crippen molar-refractivity contribution in [2.45, 2.75) is 211 Å². The lowest BCUT2D eigenvalue weighted by atomic mass is 9.95. The normalized spacial score (nSPS) is 15.6. The SMILES string of the molecule is CC(O)CBr.CCc1cc(I)c(Oc2cc(I)c(O)c(I)c2)c(I)c1.CCc1cc(I)c(Oc2cc(I)c(O)c(I)c2)c(I)c1.ClCCCl.O=C(Cc1cc(I)c(Oc2cc(I)c(OCC3CO3)c(I)c2)c(I)c1)OC(=NC1CCCCC1)NC1CCCCC1.O=C(Cc1cc(I)c(Oc2cc(I)c(OCCCl)c(I)c2)c(I)c1)OC(=NC1CCCCC1)NC1CCCCC1. The van der Waals surface area contributed by atoms with Crippen LogP contribution in [0.1, 0.15) is 171 Å². The number of amidine groups is 2. The number of aromatic hydroxyl groups is 2. The average Bonchev–Trinajstić information content (AvgIpc) is 0.827. The van der Waals surface area contributed by atoms with Gasteiger partial charge in [0.05, 0.1) is 101 Å². The number of halogens is 20. The molecule has 5 fully saturated rings. The number of nitrogens with one attached hydrogen (secondary N) is 2. The highest BCUT2D eigenvalue weighted by molar-refractivity contribution is 14.1. The van der Waals surface area contributed by atoms with E-state index in [1.165, 1.54) is 88.2 Å². The Morgan fingerprint density at radius 1 is 0.400 bits per heavy atom. The topological polar surface area (TPSA) is 230 Å². The van der Waals surface area contributed by atoms with Crippen LogP contribution < -0.4 is 39.1 Å². The quantitative estimate of drug-likeness (QED) is 0.00847. The third-order valence-electron chi connectivity index (χ3n) is 20.0. The summed E-state index contributed by atoms with van der Waals surface area (Å²) in [4.78, 5) is 35.9. The lowest BCUT2D eigenvalue weighted by Gasteiger charge is -2.25. The fourth-order valence-corrected chi connectivity index (χ4v) is 29.5. The highest BCUT2D eigenvalue weighted by Gasteiger charge is 2.28. The van der Waals surface area contributed by atoms with Crippen LogP contribution in [-0.2, 0) is 49.5 Å².